The molecule has 0 aliphatic carbocycles. The van der Waals surface area contributed by atoms with Crippen molar-refractivity contribution in [3.63, 3.8) is 0 Å². The van der Waals surface area contributed by atoms with Crippen LogP contribution in [-0.2, 0) is 0 Å². The van der Waals surface area contributed by atoms with Crippen molar-refractivity contribution in [2.45, 2.75) is 45.2 Å². The highest BCUT2D eigenvalue weighted by Crippen LogP contribution is 2.07. The van der Waals surface area contributed by atoms with Gasteiger partial charge in [-0.1, -0.05) is 6.92 Å². The van der Waals surface area contributed by atoms with Gasteiger partial charge in [-0.3, -0.25) is 0 Å². The monoisotopic (exact) mass is 213 g/mol. The summed E-state index contributed by atoms with van der Waals surface area (Å²) in [5, 5.41) is 5.95. The van der Waals surface area contributed by atoms with Crippen LogP contribution in [0.3, 0.4) is 0 Å². The lowest BCUT2D eigenvalue weighted by molar-refractivity contribution is 0.211. The van der Waals surface area contributed by atoms with Crippen LogP contribution in [0, 0.1) is 0 Å². The Kier molecular flexibility index (Phi) is 4.88. The van der Waals surface area contributed by atoms with Crippen LogP contribution in [0.5, 0.6) is 0 Å². The normalized spacial score (nSPS) is 21.0. The predicted molar refractivity (Wildman–Crippen MR) is 61.9 cm³/mol. The van der Waals surface area contributed by atoms with Gasteiger partial charge in [0.25, 0.3) is 0 Å². The summed E-state index contributed by atoms with van der Waals surface area (Å²) >= 11 is 0. The van der Waals surface area contributed by atoms with Crippen molar-refractivity contribution in [2.24, 2.45) is 0 Å². The number of carbonyl (C=O) groups is 1. The molecule has 0 spiro atoms. The van der Waals surface area contributed by atoms with E-state index in [1.54, 1.807) is 0 Å². The van der Waals surface area contributed by atoms with Crippen molar-refractivity contribution < 1.29 is 4.79 Å². The molecule has 0 aromatic rings. The maximum Gasteiger partial charge on any atom is 0.315 e. The first kappa shape index (κ1) is 12.3. The molecule has 1 saturated heterocycles. The fourth-order valence-electron chi connectivity index (χ4n) is 1.71. The number of hydrogen-bond donors (Lipinski definition) is 2. The Morgan fingerprint density at radius 2 is 2.07 bits per heavy atom. The molecule has 1 aliphatic heterocycles. The molecule has 1 heterocycles. The second-order valence-electron chi connectivity index (χ2n) is 4.50. The van der Waals surface area contributed by atoms with Crippen LogP contribution in [0.1, 0.15) is 33.1 Å². The van der Waals surface area contributed by atoms with Crippen LogP contribution in [-0.4, -0.2) is 43.2 Å². The van der Waals surface area contributed by atoms with Gasteiger partial charge in [-0.15, -0.1) is 0 Å². The fourth-order valence-corrected chi connectivity index (χ4v) is 1.71. The number of amides is 2. The molecule has 15 heavy (non-hydrogen) atoms. The zero-order chi connectivity index (χ0) is 11.3. The Labute approximate surface area is 92.4 Å². The molecule has 88 valence electrons. The van der Waals surface area contributed by atoms with Gasteiger partial charge in [-0.05, 0) is 46.3 Å². The van der Waals surface area contributed by atoms with Gasteiger partial charge < -0.3 is 15.5 Å². The van der Waals surface area contributed by atoms with Crippen molar-refractivity contribution >= 4 is 6.03 Å². The van der Waals surface area contributed by atoms with Crippen LogP contribution in [0.4, 0.5) is 4.79 Å². The summed E-state index contributed by atoms with van der Waals surface area (Å²) in [5.74, 6) is 0. The third-order valence-corrected chi connectivity index (χ3v) is 3.04. The first-order chi connectivity index (χ1) is 7.11. The number of likely N-dealkylation sites (tertiary alicyclic amines) is 1. The van der Waals surface area contributed by atoms with Crippen LogP contribution >= 0.6 is 0 Å². The lowest BCUT2D eigenvalue weighted by Gasteiger charge is -2.29. The largest absolute Gasteiger partial charge is 0.336 e. The minimum atomic E-state index is -0.0149. The Bertz CT molecular complexity index is 200. The molecule has 0 radical (unpaired) electrons. The molecule has 4 nitrogen and oxygen atoms in total. The van der Waals surface area contributed by atoms with E-state index in [0.717, 1.165) is 32.4 Å². The van der Waals surface area contributed by atoms with Crippen molar-refractivity contribution in [2.75, 3.05) is 20.1 Å². The van der Waals surface area contributed by atoms with E-state index in [1.807, 2.05) is 6.92 Å². The number of nitrogens with one attached hydrogen (secondary N) is 2. The van der Waals surface area contributed by atoms with Gasteiger partial charge in [0.15, 0.2) is 0 Å². The first-order valence-corrected chi connectivity index (χ1v) is 5.87. The zero-order valence-corrected chi connectivity index (χ0v) is 10.0. The molecule has 1 aliphatic rings. The van der Waals surface area contributed by atoms with Crippen molar-refractivity contribution in [1.29, 1.82) is 0 Å². The molecule has 2 N–H and O–H groups in total. The highest BCUT2D eigenvalue weighted by atomic mass is 16.2. The summed E-state index contributed by atoms with van der Waals surface area (Å²) in [6.07, 6.45) is 3.09. The second-order valence-corrected chi connectivity index (χ2v) is 4.50. The maximum atomic E-state index is 11.5. The quantitative estimate of drug-likeness (QED) is 0.739. The number of hydrogen-bond acceptors (Lipinski definition) is 2. The third kappa shape index (κ3) is 4.51. The Morgan fingerprint density at radius 3 is 2.60 bits per heavy atom. The highest BCUT2D eigenvalue weighted by Gasteiger charge is 2.18. The van der Waals surface area contributed by atoms with E-state index in [2.05, 4.69) is 29.5 Å². The van der Waals surface area contributed by atoms with E-state index in [-0.39, 0.29) is 12.1 Å². The van der Waals surface area contributed by atoms with E-state index >= 15 is 0 Å². The summed E-state index contributed by atoms with van der Waals surface area (Å²) < 4.78 is 0. The van der Waals surface area contributed by atoms with E-state index in [0.29, 0.717) is 6.04 Å². The fraction of sp³-hybridized carbons (Fsp3) is 0.909. The SMILES string of the molecule is CCC(C)NC(=O)NC1CCN(C)CC1. The van der Waals surface area contributed by atoms with E-state index < -0.39 is 0 Å². The van der Waals surface area contributed by atoms with E-state index in [9.17, 15) is 4.79 Å². The molecule has 0 bridgehead atoms. The number of carbonyl (C=O) groups excluding carboxylic acids is 1. The molecule has 2 amide bonds. The molecule has 1 atom stereocenters. The summed E-state index contributed by atoms with van der Waals surface area (Å²) in [4.78, 5) is 13.8. The molecular weight excluding hydrogens is 190 g/mol. The van der Waals surface area contributed by atoms with E-state index in [1.165, 1.54) is 0 Å². The van der Waals surface area contributed by atoms with Gasteiger partial charge in [0.2, 0.25) is 0 Å². The number of piperidine rings is 1. The summed E-state index contributed by atoms with van der Waals surface area (Å²) in [6.45, 7) is 6.25. The van der Waals surface area contributed by atoms with Crippen molar-refractivity contribution in [3.05, 3.63) is 0 Å². The minimum Gasteiger partial charge on any atom is -0.336 e. The average Bonchev–Trinajstić information content (AvgIpc) is 2.21. The first-order valence-electron chi connectivity index (χ1n) is 5.87. The molecule has 0 aromatic heterocycles. The van der Waals surface area contributed by atoms with Gasteiger partial charge in [-0.2, -0.15) is 0 Å². The summed E-state index contributed by atoms with van der Waals surface area (Å²) in [6, 6.07) is 0.598. The smallest absolute Gasteiger partial charge is 0.315 e. The van der Waals surface area contributed by atoms with Crippen LogP contribution in [0.25, 0.3) is 0 Å². The molecule has 1 rings (SSSR count). The van der Waals surface area contributed by atoms with E-state index in [4.69, 9.17) is 0 Å². The van der Waals surface area contributed by atoms with Crippen LogP contribution in [0.15, 0.2) is 0 Å². The standard InChI is InChI=1S/C11H23N3O/c1-4-9(2)12-11(15)13-10-5-7-14(3)8-6-10/h9-10H,4-8H2,1-3H3,(H2,12,13,15). The van der Waals surface area contributed by atoms with Gasteiger partial charge in [0, 0.05) is 12.1 Å². The maximum absolute atomic E-state index is 11.5. The zero-order valence-electron chi connectivity index (χ0n) is 10.0. The number of urea groups is 1. The molecule has 0 saturated carbocycles. The molecule has 1 fully saturated rings. The lowest BCUT2D eigenvalue weighted by Crippen LogP contribution is -2.48. The highest BCUT2D eigenvalue weighted by molar-refractivity contribution is 5.74. The van der Waals surface area contributed by atoms with Gasteiger partial charge in [0.05, 0.1) is 0 Å². The average molecular weight is 213 g/mol. The van der Waals surface area contributed by atoms with Gasteiger partial charge in [0.1, 0.15) is 0 Å². The number of rotatable bonds is 3. The molecule has 4 heteroatoms. The summed E-state index contributed by atoms with van der Waals surface area (Å²) in [7, 11) is 2.12. The minimum absolute atomic E-state index is 0.0149. The Morgan fingerprint density at radius 1 is 1.47 bits per heavy atom. The second kappa shape index (κ2) is 5.95. The third-order valence-electron chi connectivity index (χ3n) is 3.04. The predicted octanol–water partition coefficient (Wildman–Crippen LogP) is 1.18. The van der Waals surface area contributed by atoms with Crippen molar-refractivity contribution in [1.82, 2.24) is 15.5 Å². The summed E-state index contributed by atoms with van der Waals surface area (Å²) in [5.41, 5.74) is 0. The van der Waals surface area contributed by atoms with Gasteiger partial charge in [-0.25, -0.2) is 4.79 Å². The van der Waals surface area contributed by atoms with Gasteiger partial charge >= 0.3 is 6.03 Å². The lowest BCUT2D eigenvalue weighted by atomic mass is 10.1. The molecule has 1 unspecified atom stereocenters. The van der Waals surface area contributed by atoms with Crippen LogP contribution in [0.2, 0.25) is 0 Å². The molecular formula is C11H23N3O. The number of nitrogens with zero attached hydrogens (tertiary/aromatic N) is 1. The van der Waals surface area contributed by atoms with Crippen LogP contribution < -0.4 is 10.6 Å². The van der Waals surface area contributed by atoms with Crippen molar-refractivity contribution in [3.8, 4) is 0 Å². The Balaban J connectivity index is 2.20. The molecule has 0 aromatic carbocycles. The topological polar surface area (TPSA) is 44.4 Å². The Hall–Kier alpha value is -0.770.